The summed E-state index contributed by atoms with van der Waals surface area (Å²) in [5.74, 6) is 3.23. The van der Waals surface area contributed by atoms with Crippen LogP contribution in [0.4, 0.5) is 14.6 Å². The highest BCUT2D eigenvalue weighted by molar-refractivity contribution is 7.92. The first-order valence-electron chi connectivity index (χ1n) is 12.2. The summed E-state index contributed by atoms with van der Waals surface area (Å²) in [6, 6.07) is 12.2. The zero-order chi connectivity index (χ0) is 27.6. The number of rotatable bonds is 6. The van der Waals surface area contributed by atoms with Crippen LogP contribution < -0.4 is 15.8 Å². The number of benzene rings is 2. The molecule has 0 amide bonds. The first-order chi connectivity index (χ1) is 18.7. The van der Waals surface area contributed by atoms with Crippen LogP contribution in [0.2, 0.25) is 0 Å². The molecule has 0 unspecified atom stereocenters. The van der Waals surface area contributed by atoms with E-state index in [9.17, 15) is 17.6 Å². The standard InChI is InChI=1S/C27H25F2N5O4S/c1-18(20-7-2-5-19(15-20)6-4-12-33-13-10-30-11-14-33)34-22-16-21(28)24(17-23(22)38-27(34)35)39(36,37)32-26-9-3-8-25(29)31-26/h2-3,5,7-9,15-18,30H,10-14H2,1H3,(H,31,32)/t18-/m1/s1. The van der Waals surface area contributed by atoms with Crippen molar-refractivity contribution >= 4 is 26.9 Å². The lowest BCUT2D eigenvalue weighted by molar-refractivity contribution is 0.268. The number of sulfonamides is 1. The average Bonchev–Trinajstić information content (AvgIpc) is 3.22. The Bertz CT molecular complexity index is 1750. The van der Waals surface area contributed by atoms with Gasteiger partial charge in [0.1, 0.15) is 16.5 Å². The minimum absolute atomic E-state index is 0.0861. The molecule has 0 aliphatic carbocycles. The summed E-state index contributed by atoms with van der Waals surface area (Å²) in [7, 11) is -4.50. The molecular weight excluding hydrogens is 528 g/mol. The van der Waals surface area contributed by atoms with E-state index in [1.807, 2.05) is 29.0 Å². The van der Waals surface area contributed by atoms with E-state index in [0.29, 0.717) is 6.54 Å². The van der Waals surface area contributed by atoms with E-state index in [0.717, 1.165) is 55.5 Å². The molecule has 1 saturated heterocycles. The maximum atomic E-state index is 15.1. The van der Waals surface area contributed by atoms with Gasteiger partial charge in [-0.2, -0.15) is 4.39 Å². The number of aromatic nitrogens is 2. The third kappa shape index (κ3) is 5.85. The maximum absolute atomic E-state index is 15.1. The van der Waals surface area contributed by atoms with Gasteiger partial charge in [0.25, 0.3) is 10.0 Å². The second kappa shape index (κ2) is 11.0. The fourth-order valence-electron chi connectivity index (χ4n) is 4.41. The van der Waals surface area contributed by atoms with Gasteiger partial charge in [0.05, 0.1) is 18.1 Å². The van der Waals surface area contributed by atoms with E-state index < -0.39 is 38.5 Å². The van der Waals surface area contributed by atoms with Crippen LogP contribution in [0.25, 0.3) is 11.1 Å². The SMILES string of the molecule is C[C@H](c1cccc(C#CCN2CCNCC2)c1)n1c(=O)oc2cc(S(=O)(=O)Nc3cccc(F)n3)c(F)cc21. The van der Waals surface area contributed by atoms with E-state index in [2.05, 4.69) is 27.0 Å². The molecule has 9 nitrogen and oxygen atoms in total. The van der Waals surface area contributed by atoms with E-state index in [-0.39, 0.29) is 16.9 Å². The van der Waals surface area contributed by atoms with E-state index in [1.54, 1.807) is 6.92 Å². The quantitative estimate of drug-likeness (QED) is 0.279. The van der Waals surface area contributed by atoms with E-state index >= 15 is 4.39 Å². The molecule has 2 N–H and O–H groups in total. The summed E-state index contributed by atoms with van der Waals surface area (Å²) in [6.07, 6.45) is 0. The van der Waals surface area contributed by atoms with Crippen LogP contribution in [0.15, 0.2) is 68.7 Å². The van der Waals surface area contributed by atoms with Crippen molar-refractivity contribution in [2.45, 2.75) is 17.9 Å². The molecule has 2 aromatic carbocycles. The highest BCUT2D eigenvalue weighted by Crippen LogP contribution is 2.28. The molecule has 0 radical (unpaired) electrons. The number of anilines is 1. The Morgan fingerprint density at radius 2 is 1.90 bits per heavy atom. The molecule has 1 fully saturated rings. The Hall–Kier alpha value is -4.05. The fraction of sp³-hybridized carbons (Fsp3) is 0.259. The number of piperazine rings is 1. The van der Waals surface area contributed by atoms with Crippen molar-refractivity contribution in [2.24, 2.45) is 0 Å². The normalized spacial score (nSPS) is 15.1. The van der Waals surface area contributed by atoms with Crippen LogP contribution >= 0.6 is 0 Å². The molecule has 0 bridgehead atoms. The monoisotopic (exact) mass is 553 g/mol. The first-order valence-corrected chi connectivity index (χ1v) is 13.7. The largest absolute Gasteiger partial charge is 0.420 e. The van der Waals surface area contributed by atoms with Crippen LogP contribution in [0, 0.1) is 23.6 Å². The number of nitrogens with zero attached hydrogens (tertiary/aromatic N) is 3. The number of oxazole rings is 1. The van der Waals surface area contributed by atoms with Crippen LogP contribution in [0.5, 0.6) is 0 Å². The summed E-state index contributed by atoms with van der Waals surface area (Å²) in [5.41, 5.74) is 1.48. The Balaban J connectivity index is 1.42. The lowest BCUT2D eigenvalue weighted by Gasteiger charge is -2.24. The van der Waals surface area contributed by atoms with Gasteiger partial charge in [-0.1, -0.05) is 30.0 Å². The molecule has 1 aliphatic rings. The summed E-state index contributed by atoms with van der Waals surface area (Å²) in [4.78, 5) is 17.7. The molecule has 3 heterocycles. The van der Waals surface area contributed by atoms with Gasteiger partial charge in [0.15, 0.2) is 5.58 Å². The highest BCUT2D eigenvalue weighted by atomic mass is 32.2. The Morgan fingerprint density at radius 3 is 2.67 bits per heavy atom. The predicted molar refractivity (Wildman–Crippen MR) is 142 cm³/mol. The molecule has 12 heteroatoms. The van der Waals surface area contributed by atoms with Crippen molar-refractivity contribution in [3.8, 4) is 11.8 Å². The fourth-order valence-corrected chi connectivity index (χ4v) is 5.49. The molecule has 0 saturated carbocycles. The molecular formula is C27H25F2N5O4S. The minimum Gasteiger partial charge on any atom is -0.408 e. The molecule has 39 heavy (non-hydrogen) atoms. The summed E-state index contributed by atoms with van der Waals surface area (Å²) in [6.45, 7) is 6.18. The van der Waals surface area contributed by atoms with Gasteiger partial charge in [-0.15, -0.1) is 0 Å². The smallest absolute Gasteiger partial charge is 0.408 e. The molecule has 1 aliphatic heterocycles. The van der Waals surface area contributed by atoms with Gasteiger partial charge < -0.3 is 9.73 Å². The summed E-state index contributed by atoms with van der Waals surface area (Å²) >= 11 is 0. The first kappa shape index (κ1) is 26.6. The van der Waals surface area contributed by atoms with Gasteiger partial charge in [-0.25, -0.2) is 22.6 Å². The second-order valence-corrected chi connectivity index (χ2v) is 10.7. The van der Waals surface area contributed by atoms with Gasteiger partial charge in [0, 0.05) is 43.9 Å². The van der Waals surface area contributed by atoms with E-state index in [1.165, 1.54) is 16.7 Å². The van der Waals surface area contributed by atoms with Crippen molar-refractivity contribution in [3.05, 3.63) is 88.0 Å². The number of hydrogen-bond acceptors (Lipinski definition) is 7. The van der Waals surface area contributed by atoms with Crippen LogP contribution in [0.1, 0.15) is 24.1 Å². The molecule has 5 rings (SSSR count). The molecule has 1 atom stereocenters. The zero-order valence-corrected chi connectivity index (χ0v) is 21.8. The number of halogens is 2. The van der Waals surface area contributed by atoms with Crippen molar-refractivity contribution in [1.29, 1.82) is 0 Å². The molecule has 202 valence electrons. The van der Waals surface area contributed by atoms with E-state index in [4.69, 9.17) is 4.42 Å². The predicted octanol–water partition coefficient (Wildman–Crippen LogP) is 2.93. The molecule has 0 spiro atoms. The number of fused-ring (bicyclic) bond motifs is 1. The van der Waals surface area contributed by atoms with Crippen LogP contribution in [0.3, 0.4) is 0 Å². The van der Waals surface area contributed by atoms with Gasteiger partial charge >= 0.3 is 5.76 Å². The minimum atomic E-state index is -4.50. The van der Waals surface area contributed by atoms with Gasteiger partial charge in [-0.05, 0) is 36.8 Å². The maximum Gasteiger partial charge on any atom is 0.420 e. The highest BCUT2D eigenvalue weighted by Gasteiger charge is 2.25. The topological polar surface area (TPSA) is 109 Å². The van der Waals surface area contributed by atoms with Gasteiger partial charge in [-0.3, -0.25) is 14.2 Å². The number of hydrogen-bond donors (Lipinski definition) is 2. The Morgan fingerprint density at radius 1 is 1.13 bits per heavy atom. The van der Waals surface area contributed by atoms with Crippen molar-refractivity contribution < 1.29 is 21.6 Å². The average molecular weight is 554 g/mol. The summed E-state index contributed by atoms with van der Waals surface area (Å²) in [5, 5.41) is 3.30. The second-order valence-electron chi connectivity index (χ2n) is 9.07. The van der Waals surface area contributed by atoms with Crippen LogP contribution in [-0.2, 0) is 10.0 Å². The number of pyridine rings is 1. The third-order valence-corrected chi connectivity index (χ3v) is 7.78. The Kier molecular flexibility index (Phi) is 7.47. The lowest BCUT2D eigenvalue weighted by Crippen LogP contribution is -2.43. The lowest BCUT2D eigenvalue weighted by atomic mass is 10.0. The van der Waals surface area contributed by atoms with Crippen molar-refractivity contribution in [3.63, 3.8) is 0 Å². The van der Waals surface area contributed by atoms with Gasteiger partial charge in [0.2, 0.25) is 5.95 Å². The molecule has 2 aromatic heterocycles. The van der Waals surface area contributed by atoms with Crippen molar-refractivity contribution in [2.75, 3.05) is 37.4 Å². The third-order valence-electron chi connectivity index (χ3n) is 6.41. The molecule has 4 aromatic rings. The Labute approximate surface area is 223 Å². The zero-order valence-electron chi connectivity index (χ0n) is 20.9. The number of nitrogens with one attached hydrogen (secondary N) is 2. The van der Waals surface area contributed by atoms with Crippen molar-refractivity contribution in [1.82, 2.24) is 19.8 Å². The van der Waals surface area contributed by atoms with Crippen LogP contribution in [-0.4, -0.2) is 55.6 Å². The summed E-state index contributed by atoms with van der Waals surface area (Å²) < 4.78 is 62.6.